The second-order valence-corrected chi connectivity index (χ2v) is 17.7. The Kier molecular flexibility index (Phi) is 6.28. The largest absolute Gasteiger partial charge is 0.504 e. The van der Waals surface area contributed by atoms with Crippen molar-refractivity contribution in [3.8, 4) is 11.5 Å². The molecule has 0 aromatic heterocycles. The molecule has 36 heavy (non-hydrogen) atoms. The van der Waals surface area contributed by atoms with Crippen LogP contribution in [0.25, 0.3) is 0 Å². The van der Waals surface area contributed by atoms with Crippen molar-refractivity contribution in [2.75, 3.05) is 12.0 Å². The van der Waals surface area contributed by atoms with Gasteiger partial charge < -0.3 is 24.3 Å². The average Bonchev–Trinajstić information content (AvgIpc) is 3.50. The van der Waals surface area contributed by atoms with Gasteiger partial charge in [0.25, 0.3) is 5.91 Å². The highest BCUT2D eigenvalue weighted by Gasteiger charge is 2.57. The maximum atomic E-state index is 14.1. The van der Waals surface area contributed by atoms with Crippen molar-refractivity contribution in [1.29, 1.82) is 0 Å². The van der Waals surface area contributed by atoms with Crippen LogP contribution in [0.3, 0.4) is 0 Å². The molecule has 1 fully saturated rings. The number of carbonyl (C=O) groups excluding carboxylic acids is 1. The maximum Gasteiger partial charge on any atom is 0.414 e. The molecule has 2 amide bonds. The second kappa shape index (κ2) is 8.51. The average molecular weight is 517 g/mol. The Morgan fingerprint density at radius 3 is 2.19 bits per heavy atom. The van der Waals surface area contributed by atoms with Crippen molar-refractivity contribution < 1.29 is 29.0 Å². The molecule has 1 aromatic carbocycles. The Bertz CT molecular complexity index is 1110. The van der Waals surface area contributed by atoms with E-state index in [0.717, 1.165) is 12.8 Å². The highest BCUT2D eigenvalue weighted by atomic mass is 28.4. The van der Waals surface area contributed by atoms with E-state index >= 15 is 0 Å². The third-order valence-electron chi connectivity index (χ3n) is 8.29. The van der Waals surface area contributed by atoms with E-state index < -0.39 is 26.7 Å². The number of nitrogens with zero attached hydrogens (tertiary/aromatic N) is 2. The molecule has 2 heterocycles. The predicted octanol–water partition coefficient (Wildman–Crippen LogP) is 6.03. The Morgan fingerprint density at radius 1 is 1.11 bits per heavy atom. The van der Waals surface area contributed by atoms with Crippen molar-refractivity contribution in [2.45, 2.75) is 84.8 Å². The van der Waals surface area contributed by atoms with Crippen molar-refractivity contribution in [3.05, 3.63) is 29.5 Å². The number of ether oxygens (including phenoxy) is 1. The van der Waals surface area contributed by atoms with Gasteiger partial charge in [-0.1, -0.05) is 41.5 Å². The molecule has 2 aliphatic heterocycles. The predicted molar refractivity (Wildman–Crippen MR) is 141 cm³/mol. The molecule has 0 bridgehead atoms. The molecular formula is C27H40N2O6Si. The maximum absolute atomic E-state index is 14.1. The van der Waals surface area contributed by atoms with E-state index in [1.165, 1.54) is 29.7 Å². The molecule has 0 spiro atoms. The van der Waals surface area contributed by atoms with Crippen LogP contribution < -0.4 is 9.64 Å². The zero-order valence-electron chi connectivity index (χ0n) is 22.9. The first kappa shape index (κ1) is 26.5. The molecule has 3 atom stereocenters. The Morgan fingerprint density at radius 2 is 1.72 bits per heavy atom. The molecule has 9 heteroatoms. The second-order valence-electron chi connectivity index (χ2n) is 12.9. The van der Waals surface area contributed by atoms with E-state index in [9.17, 15) is 19.8 Å². The molecule has 2 unspecified atom stereocenters. The third kappa shape index (κ3) is 4.30. The van der Waals surface area contributed by atoms with Crippen LogP contribution in [0.4, 0.5) is 10.5 Å². The fourth-order valence-electron chi connectivity index (χ4n) is 5.30. The number of methoxy groups -OCH3 is 1. The number of phenols is 1. The summed E-state index contributed by atoms with van der Waals surface area (Å²) in [6, 6.07) is 2.20. The summed E-state index contributed by atoms with van der Waals surface area (Å²) >= 11 is 0. The molecule has 3 aliphatic rings. The summed E-state index contributed by atoms with van der Waals surface area (Å²) in [5.74, 6) is -0.119. The summed E-state index contributed by atoms with van der Waals surface area (Å²) < 4.78 is 12.2. The number of amides is 2. The molecule has 2 N–H and O–H groups in total. The van der Waals surface area contributed by atoms with E-state index in [1.54, 1.807) is 4.90 Å². The van der Waals surface area contributed by atoms with E-state index in [2.05, 4.69) is 54.6 Å². The minimum atomic E-state index is -2.51. The number of fused-ring (bicyclic) bond motifs is 2. The van der Waals surface area contributed by atoms with Gasteiger partial charge in [0.2, 0.25) is 0 Å². The zero-order chi connectivity index (χ0) is 27.0. The number of hydrogen-bond acceptors (Lipinski definition) is 5. The molecule has 4 rings (SSSR count). The third-order valence-corrected chi connectivity index (χ3v) is 12.7. The van der Waals surface area contributed by atoms with Gasteiger partial charge in [-0.25, -0.2) is 9.69 Å². The lowest BCUT2D eigenvalue weighted by Crippen LogP contribution is -2.60. The smallest absolute Gasteiger partial charge is 0.414 e. The van der Waals surface area contributed by atoms with Crippen molar-refractivity contribution >= 4 is 26.0 Å². The summed E-state index contributed by atoms with van der Waals surface area (Å²) in [7, 11) is -1.11. The van der Waals surface area contributed by atoms with Crippen LogP contribution in [0.15, 0.2) is 23.9 Å². The topological polar surface area (TPSA) is 99.5 Å². The lowest BCUT2D eigenvalue weighted by atomic mass is 9.71. The van der Waals surface area contributed by atoms with Crippen molar-refractivity contribution in [3.63, 3.8) is 0 Å². The molecule has 0 radical (unpaired) electrons. The van der Waals surface area contributed by atoms with Gasteiger partial charge in [0.15, 0.2) is 26.0 Å². The van der Waals surface area contributed by atoms with Crippen LogP contribution in [0.1, 0.15) is 64.7 Å². The van der Waals surface area contributed by atoms with Gasteiger partial charge in [-0.2, -0.15) is 0 Å². The van der Waals surface area contributed by atoms with Gasteiger partial charge in [-0.15, -0.1) is 0 Å². The van der Waals surface area contributed by atoms with Gasteiger partial charge in [-0.05, 0) is 53.9 Å². The fraction of sp³-hybridized carbons (Fsp3) is 0.630. The van der Waals surface area contributed by atoms with Crippen LogP contribution in [-0.4, -0.2) is 54.8 Å². The number of phenolic OH excluding ortho intramolecular Hbond substituents is 1. The lowest BCUT2D eigenvalue weighted by molar-refractivity contribution is 0.0342. The quantitative estimate of drug-likeness (QED) is 0.474. The van der Waals surface area contributed by atoms with Gasteiger partial charge in [0.05, 0.1) is 24.4 Å². The van der Waals surface area contributed by atoms with Crippen LogP contribution in [-0.2, 0) is 4.43 Å². The molecular weight excluding hydrogens is 476 g/mol. The van der Waals surface area contributed by atoms with Crippen LogP contribution >= 0.6 is 0 Å². The van der Waals surface area contributed by atoms with Gasteiger partial charge in [0, 0.05) is 18.2 Å². The number of aromatic hydroxyl groups is 1. The van der Waals surface area contributed by atoms with Crippen LogP contribution in [0, 0.1) is 17.3 Å². The minimum absolute atomic E-state index is 0.0876. The van der Waals surface area contributed by atoms with E-state index in [-0.39, 0.29) is 45.0 Å². The SMILES string of the molecule is COc1cc2c(cc1O)N(C(=O)O)[C@@H](O[Si](C)(C)C(C)(C)C)C1C(C(C)(C)C)C(C3CC3)=CN1C2=O. The number of carbonyl (C=O) groups is 2. The first-order valence-corrected chi connectivity index (χ1v) is 15.6. The van der Waals surface area contributed by atoms with Crippen LogP contribution in [0.2, 0.25) is 18.1 Å². The summed E-state index contributed by atoms with van der Waals surface area (Å²) in [4.78, 5) is 30.0. The molecule has 198 valence electrons. The van der Waals surface area contributed by atoms with Gasteiger partial charge >= 0.3 is 6.09 Å². The highest BCUT2D eigenvalue weighted by molar-refractivity contribution is 6.74. The number of hydrogen-bond donors (Lipinski definition) is 2. The molecule has 1 aliphatic carbocycles. The first-order chi connectivity index (χ1) is 16.5. The molecule has 1 saturated carbocycles. The van der Waals surface area contributed by atoms with Crippen LogP contribution in [0.5, 0.6) is 11.5 Å². The van der Waals surface area contributed by atoms with Gasteiger partial charge in [0.1, 0.15) is 0 Å². The number of anilines is 1. The summed E-state index contributed by atoms with van der Waals surface area (Å²) in [6.45, 7) is 16.9. The van der Waals surface area contributed by atoms with E-state index in [1.807, 2.05) is 6.20 Å². The zero-order valence-corrected chi connectivity index (χ0v) is 23.9. The molecule has 0 saturated heterocycles. The molecule has 8 nitrogen and oxygen atoms in total. The van der Waals surface area contributed by atoms with Gasteiger partial charge in [-0.3, -0.25) is 4.79 Å². The Balaban J connectivity index is 2.00. The number of benzene rings is 1. The fourth-order valence-corrected chi connectivity index (χ4v) is 6.50. The summed E-state index contributed by atoms with van der Waals surface area (Å²) in [5.41, 5.74) is 1.23. The normalized spacial score (nSPS) is 24.8. The minimum Gasteiger partial charge on any atom is -0.504 e. The number of carboxylic acid groups (broad SMARTS) is 1. The first-order valence-electron chi connectivity index (χ1n) is 12.6. The van der Waals surface area contributed by atoms with E-state index in [0.29, 0.717) is 5.92 Å². The number of rotatable bonds is 4. The lowest BCUT2D eigenvalue weighted by Gasteiger charge is -2.47. The standard InChI is InChI=1S/C27H40N2O6Si/c1-26(2,3)21-17(15-10-11-15)14-28-22(21)24(35-36(8,9)27(4,5)6)29(25(32)33)18-13-19(30)20(34-7)12-16(18)23(28)31/h12-15,21-22,24,30H,10-11H2,1-9H3,(H,32,33)/t21?,22?,24-/m0/s1. The Labute approximate surface area is 215 Å². The van der Waals surface area contributed by atoms with Crippen molar-refractivity contribution in [1.82, 2.24) is 4.90 Å². The summed E-state index contributed by atoms with van der Waals surface area (Å²) in [5, 5.41) is 21.0. The van der Waals surface area contributed by atoms with Crippen molar-refractivity contribution in [2.24, 2.45) is 17.3 Å². The summed E-state index contributed by atoms with van der Waals surface area (Å²) in [6.07, 6.45) is 1.92. The Hall–Kier alpha value is -2.52. The monoisotopic (exact) mass is 516 g/mol. The molecule has 1 aromatic rings. The van der Waals surface area contributed by atoms with E-state index in [4.69, 9.17) is 9.16 Å². The highest BCUT2D eigenvalue weighted by Crippen LogP contribution is 2.55.